The molecule has 0 saturated carbocycles. The Kier molecular flexibility index (Phi) is 4.80. The molecule has 2 aromatic rings. The fourth-order valence-corrected chi connectivity index (χ4v) is 2.96. The summed E-state index contributed by atoms with van der Waals surface area (Å²) in [5, 5.41) is 0. The van der Waals surface area contributed by atoms with Crippen molar-refractivity contribution in [3.05, 3.63) is 59.7 Å². The van der Waals surface area contributed by atoms with Crippen molar-refractivity contribution in [3.8, 4) is 0 Å². The molecule has 0 heterocycles. The van der Waals surface area contributed by atoms with Gasteiger partial charge in [-0.25, -0.2) is 13.2 Å². The highest BCUT2D eigenvalue weighted by molar-refractivity contribution is 7.92. The zero-order chi connectivity index (χ0) is 17.0. The quantitative estimate of drug-likeness (QED) is 0.670. The number of Topliss-reactive ketones (excluding diaryl/α,β-unsaturated/α-hetero) is 1. The zero-order valence-electron chi connectivity index (χ0n) is 12.6. The molecule has 0 aromatic heterocycles. The van der Waals surface area contributed by atoms with Crippen molar-refractivity contribution in [2.45, 2.75) is 11.8 Å². The lowest BCUT2D eigenvalue weighted by Crippen LogP contribution is -2.13. The third-order valence-electron chi connectivity index (χ3n) is 3.11. The first kappa shape index (κ1) is 16.7. The van der Waals surface area contributed by atoms with Gasteiger partial charge in [0.25, 0.3) is 10.0 Å². The van der Waals surface area contributed by atoms with Gasteiger partial charge in [0.05, 0.1) is 17.6 Å². The number of carbonyl (C=O) groups is 2. The minimum atomic E-state index is -3.82. The first-order chi connectivity index (χ1) is 10.8. The maximum Gasteiger partial charge on any atom is 0.337 e. The highest BCUT2D eigenvalue weighted by Gasteiger charge is 2.15. The number of sulfonamides is 1. The van der Waals surface area contributed by atoms with Crippen LogP contribution in [-0.2, 0) is 14.8 Å². The van der Waals surface area contributed by atoms with E-state index < -0.39 is 16.0 Å². The number of ether oxygens (including phenoxy) is 1. The van der Waals surface area contributed by atoms with E-state index in [0.717, 1.165) is 0 Å². The van der Waals surface area contributed by atoms with Gasteiger partial charge >= 0.3 is 5.97 Å². The first-order valence-electron chi connectivity index (χ1n) is 6.65. The van der Waals surface area contributed by atoms with Crippen molar-refractivity contribution in [2.24, 2.45) is 0 Å². The van der Waals surface area contributed by atoms with E-state index in [1.54, 1.807) is 6.07 Å². The zero-order valence-corrected chi connectivity index (χ0v) is 13.4. The number of ketones is 1. The molecule has 120 valence electrons. The van der Waals surface area contributed by atoms with Crippen molar-refractivity contribution in [1.29, 1.82) is 0 Å². The van der Waals surface area contributed by atoms with Gasteiger partial charge in [0.1, 0.15) is 0 Å². The summed E-state index contributed by atoms with van der Waals surface area (Å²) in [6.45, 7) is 1.40. The van der Waals surface area contributed by atoms with Crippen LogP contribution in [-0.4, -0.2) is 27.3 Å². The van der Waals surface area contributed by atoms with Gasteiger partial charge in [0, 0.05) is 11.3 Å². The Bertz CT molecular complexity index is 841. The van der Waals surface area contributed by atoms with Crippen LogP contribution in [0.25, 0.3) is 0 Å². The smallest absolute Gasteiger partial charge is 0.337 e. The largest absolute Gasteiger partial charge is 0.465 e. The van der Waals surface area contributed by atoms with E-state index in [0.29, 0.717) is 5.56 Å². The van der Waals surface area contributed by atoms with Gasteiger partial charge in [0.15, 0.2) is 5.78 Å². The van der Waals surface area contributed by atoms with Gasteiger partial charge in [-0.2, -0.15) is 0 Å². The van der Waals surface area contributed by atoms with Crippen LogP contribution in [0.4, 0.5) is 5.69 Å². The molecule has 0 spiro atoms. The van der Waals surface area contributed by atoms with Crippen molar-refractivity contribution in [2.75, 3.05) is 11.8 Å². The van der Waals surface area contributed by atoms with Crippen LogP contribution in [0.15, 0.2) is 53.4 Å². The molecule has 0 unspecified atom stereocenters. The molecule has 0 aliphatic carbocycles. The number of rotatable bonds is 5. The van der Waals surface area contributed by atoms with E-state index in [1.165, 1.54) is 56.5 Å². The summed E-state index contributed by atoms with van der Waals surface area (Å²) in [4.78, 5) is 22.7. The fraction of sp³-hybridized carbons (Fsp3) is 0.125. The number of hydrogen-bond donors (Lipinski definition) is 1. The number of benzene rings is 2. The van der Waals surface area contributed by atoms with E-state index in [4.69, 9.17) is 0 Å². The second kappa shape index (κ2) is 6.62. The van der Waals surface area contributed by atoms with Crippen LogP contribution in [0.5, 0.6) is 0 Å². The Morgan fingerprint density at radius 3 is 2.22 bits per heavy atom. The van der Waals surface area contributed by atoms with Gasteiger partial charge in [-0.3, -0.25) is 9.52 Å². The third kappa shape index (κ3) is 3.95. The Morgan fingerprint density at radius 1 is 1.00 bits per heavy atom. The van der Waals surface area contributed by atoms with Crippen molar-refractivity contribution in [1.82, 2.24) is 0 Å². The number of nitrogens with one attached hydrogen (secondary N) is 1. The standard InChI is InChI=1S/C16H15NO5S/c1-11(18)12-6-8-15(9-7-12)23(20,21)17-14-5-3-4-13(10-14)16(19)22-2/h3-10,17H,1-2H3. The molecule has 0 saturated heterocycles. The molecular weight excluding hydrogens is 318 g/mol. The van der Waals surface area contributed by atoms with Crippen molar-refractivity contribution in [3.63, 3.8) is 0 Å². The normalized spacial score (nSPS) is 10.9. The average molecular weight is 333 g/mol. The lowest BCUT2D eigenvalue weighted by atomic mass is 10.2. The summed E-state index contributed by atoms with van der Waals surface area (Å²) in [6.07, 6.45) is 0. The van der Waals surface area contributed by atoms with E-state index in [2.05, 4.69) is 9.46 Å². The van der Waals surface area contributed by atoms with Gasteiger partial charge < -0.3 is 4.74 Å². The van der Waals surface area contributed by atoms with Crippen LogP contribution in [0.1, 0.15) is 27.6 Å². The molecule has 0 radical (unpaired) electrons. The SMILES string of the molecule is COC(=O)c1cccc(NS(=O)(=O)c2ccc(C(C)=O)cc2)c1. The Morgan fingerprint density at radius 2 is 1.65 bits per heavy atom. The summed E-state index contributed by atoms with van der Waals surface area (Å²) in [7, 11) is -2.57. The maximum absolute atomic E-state index is 12.3. The van der Waals surface area contributed by atoms with Crippen molar-refractivity contribution < 1.29 is 22.7 Å². The minimum Gasteiger partial charge on any atom is -0.465 e. The molecule has 0 bridgehead atoms. The minimum absolute atomic E-state index is 0.0194. The summed E-state index contributed by atoms with van der Waals surface area (Å²) in [6, 6.07) is 11.6. The molecule has 2 rings (SSSR count). The van der Waals surface area contributed by atoms with Crippen LogP contribution < -0.4 is 4.72 Å². The first-order valence-corrected chi connectivity index (χ1v) is 8.14. The molecule has 0 aliphatic heterocycles. The molecule has 0 fully saturated rings. The lowest BCUT2D eigenvalue weighted by molar-refractivity contribution is 0.0600. The summed E-state index contributed by atoms with van der Waals surface area (Å²) in [5.74, 6) is -0.704. The highest BCUT2D eigenvalue weighted by atomic mass is 32.2. The van der Waals surface area contributed by atoms with E-state index in [9.17, 15) is 18.0 Å². The van der Waals surface area contributed by atoms with Gasteiger partial charge in [0.2, 0.25) is 0 Å². The number of esters is 1. The molecule has 0 atom stereocenters. The fourth-order valence-electron chi connectivity index (χ4n) is 1.91. The predicted octanol–water partition coefficient (Wildman–Crippen LogP) is 2.48. The van der Waals surface area contributed by atoms with E-state index in [1.807, 2.05) is 0 Å². The molecule has 23 heavy (non-hydrogen) atoms. The summed E-state index contributed by atoms with van der Waals surface area (Å²) >= 11 is 0. The van der Waals surface area contributed by atoms with Gasteiger partial charge in [-0.15, -0.1) is 0 Å². The van der Waals surface area contributed by atoms with Crippen LogP contribution >= 0.6 is 0 Å². The van der Waals surface area contributed by atoms with Crippen LogP contribution in [0.3, 0.4) is 0 Å². The maximum atomic E-state index is 12.3. The average Bonchev–Trinajstić information content (AvgIpc) is 2.54. The second-order valence-corrected chi connectivity index (χ2v) is 6.44. The Labute approximate surface area is 134 Å². The monoisotopic (exact) mass is 333 g/mol. The number of anilines is 1. The van der Waals surface area contributed by atoms with E-state index >= 15 is 0 Å². The van der Waals surface area contributed by atoms with Gasteiger partial charge in [-0.05, 0) is 37.3 Å². The second-order valence-electron chi connectivity index (χ2n) is 4.76. The predicted molar refractivity (Wildman–Crippen MR) is 85.0 cm³/mol. The highest BCUT2D eigenvalue weighted by Crippen LogP contribution is 2.18. The molecule has 0 amide bonds. The number of hydrogen-bond acceptors (Lipinski definition) is 5. The van der Waals surface area contributed by atoms with Gasteiger partial charge in [-0.1, -0.05) is 18.2 Å². The lowest BCUT2D eigenvalue weighted by Gasteiger charge is -2.09. The summed E-state index contributed by atoms with van der Waals surface area (Å²) in [5.41, 5.74) is 0.903. The Hall–Kier alpha value is -2.67. The molecule has 2 aromatic carbocycles. The Balaban J connectivity index is 2.27. The molecule has 0 aliphatic rings. The molecular formula is C16H15NO5S. The van der Waals surface area contributed by atoms with Crippen molar-refractivity contribution >= 4 is 27.5 Å². The topological polar surface area (TPSA) is 89.5 Å². The third-order valence-corrected chi connectivity index (χ3v) is 4.50. The number of carbonyl (C=O) groups excluding carboxylic acids is 2. The molecule has 1 N–H and O–H groups in total. The number of methoxy groups -OCH3 is 1. The molecule has 7 heteroatoms. The molecule has 6 nitrogen and oxygen atoms in total. The van der Waals surface area contributed by atoms with E-state index in [-0.39, 0.29) is 21.9 Å². The van der Waals surface area contributed by atoms with Crippen LogP contribution in [0, 0.1) is 0 Å². The van der Waals surface area contributed by atoms with Crippen LogP contribution in [0.2, 0.25) is 0 Å². The summed E-state index contributed by atoms with van der Waals surface area (Å²) < 4.78 is 31.6.